The normalized spacial score (nSPS) is 10.7. The predicted molar refractivity (Wildman–Crippen MR) is 90.5 cm³/mol. The number of phenols is 1. The van der Waals surface area contributed by atoms with Crippen molar-refractivity contribution in [3.63, 3.8) is 0 Å². The van der Waals surface area contributed by atoms with Crippen LogP contribution in [0.1, 0.15) is 10.7 Å². The van der Waals surface area contributed by atoms with Crippen molar-refractivity contribution in [1.82, 2.24) is 4.98 Å². The smallest absolute Gasteiger partial charge is 0.140 e. The number of phenolic OH excluding ortho intramolecular Hbond substituents is 1. The molecule has 0 spiro atoms. The third-order valence-corrected chi connectivity index (χ3v) is 4.98. The molecule has 3 aromatic rings. The zero-order valence-electron chi connectivity index (χ0n) is 12.1. The second kappa shape index (κ2) is 7.48. The fraction of sp³-hybridized carbons (Fsp3) is 0.118. The van der Waals surface area contributed by atoms with Gasteiger partial charge in [0, 0.05) is 16.0 Å². The average Bonchev–Trinajstić information content (AvgIpc) is 3.02. The summed E-state index contributed by atoms with van der Waals surface area (Å²) in [5, 5.41) is 12.6. The van der Waals surface area contributed by atoms with Crippen LogP contribution in [-0.2, 0) is 12.4 Å². The quantitative estimate of drug-likeness (QED) is 0.647. The van der Waals surface area contributed by atoms with Gasteiger partial charge in [-0.3, -0.25) is 0 Å². The maximum absolute atomic E-state index is 12.8. The maximum Gasteiger partial charge on any atom is 0.140 e. The molecule has 1 aromatic heterocycles. The minimum atomic E-state index is -0.282. The van der Waals surface area contributed by atoms with Crippen molar-refractivity contribution < 1.29 is 14.2 Å². The molecule has 1 heterocycles. The topological polar surface area (TPSA) is 42.4 Å². The second-order valence-corrected chi connectivity index (χ2v) is 6.69. The summed E-state index contributed by atoms with van der Waals surface area (Å²) in [4.78, 5) is 5.34. The molecule has 23 heavy (non-hydrogen) atoms. The van der Waals surface area contributed by atoms with Gasteiger partial charge in [-0.05, 0) is 36.4 Å². The van der Waals surface area contributed by atoms with Crippen molar-refractivity contribution in [2.75, 3.05) is 0 Å². The summed E-state index contributed by atoms with van der Waals surface area (Å²) in [6.07, 6.45) is 0. The molecule has 1 N–H and O–H groups in total. The van der Waals surface area contributed by atoms with Crippen LogP contribution in [0.25, 0.3) is 0 Å². The summed E-state index contributed by atoms with van der Waals surface area (Å²) in [5.74, 6) is 1.30. The summed E-state index contributed by atoms with van der Waals surface area (Å²) < 4.78 is 18.4. The monoisotopic (exact) mass is 347 g/mol. The van der Waals surface area contributed by atoms with Crippen LogP contribution in [0.4, 0.5) is 4.39 Å². The molecule has 0 saturated heterocycles. The Labute approximate surface area is 141 Å². The summed E-state index contributed by atoms with van der Waals surface area (Å²) in [7, 11) is 0. The number of nitrogens with zero attached hydrogens (tertiary/aromatic N) is 1. The molecule has 3 rings (SSSR count). The zero-order valence-corrected chi connectivity index (χ0v) is 13.7. The molecule has 118 valence electrons. The predicted octanol–water partition coefficient (Wildman–Crippen LogP) is 4.86. The van der Waals surface area contributed by atoms with Crippen LogP contribution in [0.2, 0.25) is 0 Å². The molecular weight excluding hydrogens is 333 g/mol. The van der Waals surface area contributed by atoms with E-state index in [2.05, 4.69) is 4.98 Å². The molecule has 2 aromatic carbocycles. The Morgan fingerprint density at radius 3 is 2.70 bits per heavy atom. The van der Waals surface area contributed by atoms with Crippen LogP contribution < -0.4 is 4.74 Å². The van der Waals surface area contributed by atoms with Gasteiger partial charge in [0.1, 0.15) is 28.9 Å². The van der Waals surface area contributed by atoms with E-state index in [1.807, 2.05) is 17.5 Å². The summed E-state index contributed by atoms with van der Waals surface area (Å²) in [5.41, 5.74) is 0.945. The van der Waals surface area contributed by atoms with Crippen LogP contribution in [0.15, 0.2) is 58.8 Å². The van der Waals surface area contributed by atoms with Gasteiger partial charge in [0.05, 0.1) is 5.69 Å². The van der Waals surface area contributed by atoms with Gasteiger partial charge in [-0.1, -0.05) is 12.1 Å². The number of thioether (sulfide) groups is 1. The van der Waals surface area contributed by atoms with E-state index in [-0.39, 0.29) is 11.6 Å². The lowest BCUT2D eigenvalue weighted by Gasteiger charge is -2.03. The number of aromatic hydroxyl groups is 1. The van der Waals surface area contributed by atoms with E-state index >= 15 is 0 Å². The van der Waals surface area contributed by atoms with Gasteiger partial charge >= 0.3 is 0 Å². The highest BCUT2D eigenvalue weighted by Crippen LogP contribution is 2.30. The number of aromatic nitrogens is 1. The summed E-state index contributed by atoms with van der Waals surface area (Å²) in [6, 6.07) is 13.2. The lowest BCUT2D eigenvalue weighted by Crippen LogP contribution is -1.95. The van der Waals surface area contributed by atoms with E-state index in [4.69, 9.17) is 4.74 Å². The largest absolute Gasteiger partial charge is 0.507 e. The third kappa shape index (κ3) is 4.46. The van der Waals surface area contributed by atoms with E-state index in [0.717, 1.165) is 15.6 Å². The van der Waals surface area contributed by atoms with Gasteiger partial charge in [0.25, 0.3) is 0 Å². The standard InChI is InChI=1S/C17H14FNO2S2/c18-12-5-7-14(8-6-12)21-9-17-19-13(11-23-17)10-22-16-4-2-1-3-15(16)20/h1-8,11,20H,9-10H2. The number of halogens is 1. The molecule has 0 amide bonds. The Bertz CT molecular complexity index is 774. The molecule has 0 aliphatic carbocycles. The second-order valence-electron chi connectivity index (χ2n) is 4.73. The van der Waals surface area contributed by atoms with E-state index in [1.165, 1.54) is 23.5 Å². The number of rotatable bonds is 6. The summed E-state index contributed by atoms with van der Waals surface area (Å²) in [6.45, 7) is 0.359. The fourth-order valence-corrected chi connectivity index (χ4v) is 3.54. The Morgan fingerprint density at radius 1 is 1.13 bits per heavy atom. The number of hydrogen-bond acceptors (Lipinski definition) is 5. The van der Waals surface area contributed by atoms with Crippen molar-refractivity contribution >= 4 is 23.1 Å². The van der Waals surface area contributed by atoms with Crippen molar-refractivity contribution in [3.8, 4) is 11.5 Å². The number of ether oxygens (including phenoxy) is 1. The Hall–Kier alpha value is -2.05. The first-order chi connectivity index (χ1) is 11.2. The van der Waals surface area contributed by atoms with Crippen LogP contribution in [-0.4, -0.2) is 10.1 Å². The molecular formula is C17H14FNO2S2. The maximum atomic E-state index is 12.8. The van der Waals surface area contributed by atoms with Crippen molar-refractivity contribution in [3.05, 3.63) is 70.4 Å². The lowest BCUT2D eigenvalue weighted by atomic mass is 10.3. The summed E-state index contributed by atoms with van der Waals surface area (Å²) >= 11 is 3.07. The molecule has 0 fully saturated rings. The van der Waals surface area contributed by atoms with E-state index in [1.54, 1.807) is 36.0 Å². The molecule has 3 nitrogen and oxygen atoms in total. The molecule has 0 aliphatic heterocycles. The highest BCUT2D eigenvalue weighted by Gasteiger charge is 2.06. The zero-order chi connectivity index (χ0) is 16.1. The molecule has 0 unspecified atom stereocenters. The van der Waals surface area contributed by atoms with Crippen LogP contribution in [0.5, 0.6) is 11.5 Å². The number of benzene rings is 2. The molecule has 0 radical (unpaired) electrons. The van der Waals surface area contributed by atoms with Gasteiger partial charge in [-0.25, -0.2) is 9.37 Å². The first-order valence-corrected chi connectivity index (χ1v) is 8.79. The van der Waals surface area contributed by atoms with E-state index in [0.29, 0.717) is 18.1 Å². The van der Waals surface area contributed by atoms with Crippen LogP contribution in [0, 0.1) is 5.82 Å². The highest BCUT2D eigenvalue weighted by molar-refractivity contribution is 7.98. The van der Waals surface area contributed by atoms with Gasteiger partial charge < -0.3 is 9.84 Å². The molecule has 0 bridgehead atoms. The SMILES string of the molecule is Oc1ccccc1SCc1csc(COc2ccc(F)cc2)n1. The molecule has 0 saturated carbocycles. The van der Waals surface area contributed by atoms with Gasteiger partial charge in [0.15, 0.2) is 0 Å². The van der Waals surface area contributed by atoms with Crippen molar-refractivity contribution in [2.45, 2.75) is 17.3 Å². The number of para-hydroxylation sites is 1. The third-order valence-electron chi connectivity index (χ3n) is 3.02. The van der Waals surface area contributed by atoms with E-state index in [9.17, 15) is 9.50 Å². The Kier molecular flexibility index (Phi) is 5.15. The van der Waals surface area contributed by atoms with Crippen LogP contribution >= 0.6 is 23.1 Å². The Balaban J connectivity index is 1.53. The Morgan fingerprint density at radius 2 is 1.91 bits per heavy atom. The minimum absolute atomic E-state index is 0.282. The van der Waals surface area contributed by atoms with Crippen molar-refractivity contribution in [2.24, 2.45) is 0 Å². The van der Waals surface area contributed by atoms with Gasteiger partial charge in [-0.2, -0.15) is 0 Å². The first-order valence-electron chi connectivity index (χ1n) is 6.93. The average molecular weight is 347 g/mol. The van der Waals surface area contributed by atoms with Crippen molar-refractivity contribution in [1.29, 1.82) is 0 Å². The van der Waals surface area contributed by atoms with Gasteiger partial charge in [-0.15, -0.1) is 23.1 Å². The van der Waals surface area contributed by atoms with Gasteiger partial charge in [0.2, 0.25) is 0 Å². The molecule has 0 atom stereocenters. The molecule has 0 aliphatic rings. The minimum Gasteiger partial charge on any atom is -0.507 e. The first kappa shape index (κ1) is 15.8. The van der Waals surface area contributed by atoms with E-state index < -0.39 is 0 Å². The highest BCUT2D eigenvalue weighted by atomic mass is 32.2. The fourth-order valence-electron chi connectivity index (χ4n) is 1.89. The van der Waals surface area contributed by atoms with Crippen LogP contribution in [0.3, 0.4) is 0 Å². The lowest BCUT2D eigenvalue weighted by molar-refractivity contribution is 0.305. The number of thiazole rings is 1. The molecule has 6 heteroatoms. The number of hydrogen-bond donors (Lipinski definition) is 1.